The minimum absolute atomic E-state index is 0.0931. The lowest BCUT2D eigenvalue weighted by Gasteiger charge is -2.43. The summed E-state index contributed by atoms with van der Waals surface area (Å²) in [5.74, 6) is 1.25. The number of anilines is 1. The summed E-state index contributed by atoms with van der Waals surface area (Å²) in [6, 6.07) is 0.310. The Morgan fingerprint density at radius 2 is 2.11 bits per heavy atom. The molecule has 6 heteroatoms. The Bertz CT molecular complexity index is 408. The molecule has 2 atom stereocenters. The van der Waals surface area contributed by atoms with Crippen molar-refractivity contribution in [1.82, 2.24) is 10.2 Å². The maximum absolute atomic E-state index is 12.2. The fraction of sp³-hybridized carbons (Fsp3) is 0.750. The maximum Gasteiger partial charge on any atom is 0.229 e. The number of fused-ring (bicyclic) bond motifs is 2. The van der Waals surface area contributed by atoms with Crippen LogP contribution in [0.3, 0.4) is 0 Å². The molecule has 3 N–H and O–H groups in total. The molecule has 1 heterocycles. The van der Waals surface area contributed by atoms with Crippen LogP contribution in [0, 0.1) is 17.8 Å². The van der Waals surface area contributed by atoms with Gasteiger partial charge in [-0.1, -0.05) is 17.8 Å². The number of aromatic nitrogens is 2. The van der Waals surface area contributed by atoms with E-state index in [2.05, 4.69) is 15.5 Å². The third-order valence-corrected chi connectivity index (χ3v) is 4.98. The summed E-state index contributed by atoms with van der Waals surface area (Å²) >= 11 is 1.36. The predicted octanol–water partition coefficient (Wildman–Crippen LogP) is 1.63. The number of hydrogen-bond acceptors (Lipinski definition) is 5. The van der Waals surface area contributed by atoms with E-state index in [1.54, 1.807) is 5.51 Å². The molecule has 2 saturated carbocycles. The summed E-state index contributed by atoms with van der Waals surface area (Å²) in [6.07, 6.45) is 5.50. The van der Waals surface area contributed by atoms with Gasteiger partial charge in [-0.3, -0.25) is 4.79 Å². The van der Waals surface area contributed by atoms with Crippen LogP contribution in [0.1, 0.15) is 32.1 Å². The summed E-state index contributed by atoms with van der Waals surface area (Å²) in [6.45, 7) is 0. The van der Waals surface area contributed by atoms with Gasteiger partial charge >= 0.3 is 0 Å². The second-order valence-corrected chi connectivity index (χ2v) is 6.26. The molecule has 1 aromatic heterocycles. The average molecular weight is 266 g/mol. The molecule has 2 aliphatic carbocycles. The lowest BCUT2D eigenvalue weighted by molar-refractivity contribution is -0.122. The predicted molar refractivity (Wildman–Crippen MR) is 70.1 cm³/mol. The van der Waals surface area contributed by atoms with Crippen molar-refractivity contribution in [3.8, 4) is 0 Å². The van der Waals surface area contributed by atoms with Crippen molar-refractivity contribution >= 4 is 22.4 Å². The summed E-state index contributed by atoms with van der Waals surface area (Å²) in [7, 11) is 0. The van der Waals surface area contributed by atoms with Crippen LogP contribution in [0.4, 0.5) is 5.13 Å². The highest BCUT2D eigenvalue weighted by Crippen LogP contribution is 2.42. The highest BCUT2D eigenvalue weighted by Gasteiger charge is 2.40. The third kappa shape index (κ3) is 2.27. The van der Waals surface area contributed by atoms with Crippen molar-refractivity contribution in [3.05, 3.63) is 5.51 Å². The number of nitrogens with zero attached hydrogens (tertiary/aromatic N) is 2. The van der Waals surface area contributed by atoms with E-state index in [9.17, 15) is 4.79 Å². The molecule has 0 saturated heterocycles. The number of amides is 1. The SMILES string of the molecule is NC1C2CCCC1CC(C(=O)Nc1nncs1)C2. The molecule has 18 heavy (non-hydrogen) atoms. The lowest BCUT2D eigenvalue weighted by Crippen LogP contribution is -2.48. The van der Waals surface area contributed by atoms with E-state index in [0.29, 0.717) is 23.0 Å². The molecule has 1 aromatic rings. The van der Waals surface area contributed by atoms with Crippen LogP contribution in [0.15, 0.2) is 5.51 Å². The molecule has 0 aromatic carbocycles. The molecule has 0 radical (unpaired) electrons. The summed E-state index contributed by atoms with van der Waals surface area (Å²) < 4.78 is 0. The molecule has 2 bridgehead atoms. The molecular formula is C12H18N4OS. The minimum atomic E-state index is 0.0931. The Balaban J connectivity index is 1.65. The quantitative estimate of drug-likeness (QED) is 0.852. The second-order valence-electron chi connectivity index (χ2n) is 5.43. The molecule has 3 rings (SSSR count). The van der Waals surface area contributed by atoms with Crippen molar-refractivity contribution in [2.45, 2.75) is 38.1 Å². The van der Waals surface area contributed by atoms with Gasteiger partial charge in [0.2, 0.25) is 11.0 Å². The van der Waals surface area contributed by atoms with Crippen LogP contribution >= 0.6 is 11.3 Å². The highest BCUT2D eigenvalue weighted by atomic mass is 32.1. The molecule has 0 aliphatic heterocycles. The monoisotopic (exact) mass is 266 g/mol. The normalized spacial score (nSPS) is 35.2. The van der Waals surface area contributed by atoms with E-state index >= 15 is 0 Å². The van der Waals surface area contributed by atoms with E-state index in [4.69, 9.17) is 5.73 Å². The average Bonchev–Trinajstić information content (AvgIpc) is 2.81. The fourth-order valence-corrected chi connectivity index (χ4v) is 3.89. The largest absolute Gasteiger partial charge is 0.327 e. The van der Waals surface area contributed by atoms with Gasteiger partial charge in [-0.05, 0) is 37.5 Å². The van der Waals surface area contributed by atoms with Crippen molar-refractivity contribution in [3.63, 3.8) is 0 Å². The van der Waals surface area contributed by atoms with E-state index in [-0.39, 0.29) is 11.8 Å². The first-order chi connectivity index (χ1) is 8.74. The molecular weight excluding hydrogens is 248 g/mol. The standard InChI is InChI=1S/C12H18N4OS/c13-10-7-2-1-3-8(10)5-9(4-7)11(17)15-12-16-14-6-18-12/h6-10H,1-5,13H2,(H,15,16,17). The Morgan fingerprint density at radius 1 is 1.39 bits per heavy atom. The zero-order valence-corrected chi connectivity index (χ0v) is 11.0. The van der Waals surface area contributed by atoms with Crippen LogP contribution < -0.4 is 11.1 Å². The number of hydrogen-bond donors (Lipinski definition) is 2. The van der Waals surface area contributed by atoms with Crippen molar-refractivity contribution < 1.29 is 4.79 Å². The number of nitrogens with two attached hydrogens (primary N) is 1. The summed E-state index contributed by atoms with van der Waals surface area (Å²) in [5.41, 5.74) is 7.86. The Morgan fingerprint density at radius 3 is 2.72 bits per heavy atom. The highest BCUT2D eigenvalue weighted by molar-refractivity contribution is 7.13. The van der Waals surface area contributed by atoms with E-state index in [1.807, 2.05) is 0 Å². The van der Waals surface area contributed by atoms with Crippen LogP contribution in [-0.4, -0.2) is 22.1 Å². The molecule has 0 spiro atoms. The van der Waals surface area contributed by atoms with Gasteiger partial charge in [-0.25, -0.2) is 0 Å². The van der Waals surface area contributed by atoms with E-state index in [0.717, 1.165) is 12.8 Å². The number of carbonyl (C=O) groups is 1. The van der Waals surface area contributed by atoms with Gasteiger partial charge in [0.1, 0.15) is 5.51 Å². The lowest BCUT2D eigenvalue weighted by atomic mass is 9.65. The van der Waals surface area contributed by atoms with E-state index in [1.165, 1.54) is 30.6 Å². The van der Waals surface area contributed by atoms with Crippen molar-refractivity contribution in [1.29, 1.82) is 0 Å². The molecule has 2 fully saturated rings. The van der Waals surface area contributed by atoms with Gasteiger partial charge in [0.05, 0.1) is 0 Å². The summed E-state index contributed by atoms with van der Waals surface area (Å²) in [5, 5.41) is 11.0. The first-order valence-electron chi connectivity index (χ1n) is 6.56. The molecule has 2 unspecified atom stereocenters. The van der Waals surface area contributed by atoms with Gasteiger partial charge < -0.3 is 11.1 Å². The van der Waals surface area contributed by atoms with Crippen LogP contribution in [0.25, 0.3) is 0 Å². The number of nitrogens with one attached hydrogen (secondary N) is 1. The van der Waals surface area contributed by atoms with Crippen LogP contribution in [0.2, 0.25) is 0 Å². The van der Waals surface area contributed by atoms with Crippen molar-refractivity contribution in [2.75, 3.05) is 5.32 Å². The van der Waals surface area contributed by atoms with E-state index < -0.39 is 0 Å². The zero-order chi connectivity index (χ0) is 12.5. The smallest absolute Gasteiger partial charge is 0.229 e. The molecule has 5 nitrogen and oxygen atoms in total. The van der Waals surface area contributed by atoms with Gasteiger partial charge in [0.15, 0.2) is 0 Å². The fourth-order valence-electron chi connectivity index (χ4n) is 3.44. The summed E-state index contributed by atoms with van der Waals surface area (Å²) in [4.78, 5) is 12.2. The second kappa shape index (κ2) is 4.93. The molecule has 2 aliphatic rings. The Labute approximate surface area is 110 Å². The van der Waals surface area contributed by atoms with Gasteiger partial charge in [-0.2, -0.15) is 0 Å². The number of carbonyl (C=O) groups excluding carboxylic acids is 1. The third-order valence-electron chi connectivity index (χ3n) is 4.37. The first kappa shape index (κ1) is 12.0. The number of rotatable bonds is 2. The Hall–Kier alpha value is -1.01. The topological polar surface area (TPSA) is 80.9 Å². The first-order valence-corrected chi connectivity index (χ1v) is 7.44. The zero-order valence-electron chi connectivity index (χ0n) is 10.2. The van der Waals surface area contributed by atoms with Crippen molar-refractivity contribution in [2.24, 2.45) is 23.5 Å². The molecule has 1 amide bonds. The van der Waals surface area contributed by atoms with Gasteiger partial charge in [0.25, 0.3) is 0 Å². The minimum Gasteiger partial charge on any atom is -0.327 e. The molecule has 98 valence electrons. The van der Waals surface area contributed by atoms with Gasteiger partial charge in [0, 0.05) is 12.0 Å². The van der Waals surface area contributed by atoms with Gasteiger partial charge in [-0.15, -0.1) is 10.2 Å². The van der Waals surface area contributed by atoms with Crippen LogP contribution in [-0.2, 0) is 4.79 Å². The Kier molecular flexibility index (Phi) is 3.30. The maximum atomic E-state index is 12.2. The van der Waals surface area contributed by atoms with Crippen LogP contribution in [0.5, 0.6) is 0 Å².